The van der Waals surface area contributed by atoms with Gasteiger partial charge in [0.15, 0.2) is 22.3 Å². The van der Waals surface area contributed by atoms with E-state index >= 15 is 0 Å². The Kier molecular flexibility index (Phi) is 15.3. The fourth-order valence-electron chi connectivity index (χ4n) is 9.40. The smallest absolute Gasteiger partial charge is 0.227 e. The van der Waals surface area contributed by atoms with E-state index in [0.717, 1.165) is 126 Å². The number of hydrogen-bond acceptors (Lipinski definition) is 12. The van der Waals surface area contributed by atoms with Crippen LogP contribution in [0.5, 0.6) is 23.0 Å². The van der Waals surface area contributed by atoms with Crippen LogP contribution in [0.25, 0.3) is 90.2 Å². The first-order valence-corrected chi connectivity index (χ1v) is 27.3. The number of rotatable bonds is 14. The van der Waals surface area contributed by atoms with E-state index in [0.29, 0.717) is 47.9 Å². The standard InChI is InChI=1S/C36H44N2O4.C30H32N2O4/c1-9-11-17-39-29-21-31-27(19-25(29)35(3,4)5)37-33(41-31)23-13-15-24(16-14-23)34-38-28-20-26(36(6,7)8)30(22-32(28)42-34)40-18-12-10-2;1-29(2,3)19-13-21-25(15-23(19)33-7)35-27(31-21)17-9-11-18(12-10-17)28-32-22-14-20(30(4,5)6)24(34-8)16-26(22)36-28/h13-16,19-22H,9-12,17-18H2,1-8H3;9-16H,1-8H3. The third kappa shape index (κ3) is 11.8. The van der Waals surface area contributed by atoms with Crippen molar-refractivity contribution in [2.24, 2.45) is 0 Å². The van der Waals surface area contributed by atoms with Gasteiger partial charge in [0.2, 0.25) is 23.6 Å². The largest absolute Gasteiger partial charge is 0.496 e. The number of aromatic nitrogens is 4. The number of fused-ring (bicyclic) bond motifs is 4. The van der Waals surface area contributed by atoms with Crippen LogP contribution in [-0.2, 0) is 21.7 Å². The monoisotopic (exact) mass is 1050 g/mol. The summed E-state index contributed by atoms with van der Waals surface area (Å²) in [5.74, 6) is 5.60. The fourth-order valence-corrected chi connectivity index (χ4v) is 9.40. The molecule has 6 aromatic carbocycles. The molecule has 0 aliphatic carbocycles. The van der Waals surface area contributed by atoms with E-state index in [1.807, 2.05) is 84.9 Å². The average Bonchev–Trinajstić information content (AvgIpc) is 4.25. The second kappa shape index (κ2) is 21.7. The van der Waals surface area contributed by atoms with Gasteiger partial charge in [0.1, 0.15) is 45.1 Å². The summed E-state index contributed by atoms with van der Waals surface area (Å²) in [6, 6.07) is 32.0. The molecule has 0 fully saturated rings. The molecule has 0 radical (unpaired) electrons. The Morgan fingerprint density at radius 3 is 0.795 bits per heavy atom. The molecule has 0 saturated carbocycles. The van der Waals surface area contributed by atoms with E-state index in [1.54, 1.807) is 14.2 Å². The number of benzene rings is 6. The molecule has 10 rings (SSSR count). The third-order valence-corrected chi connectivity index (χ3v) is 13.9. The molecule has 12 heteroatoms. The molecule has 0 spiro atoms. The highest BCUT2D eigenvalue weighted by molar-refractivity contribution is 5.84. The van der Waals surface area contributed by atoms with Crippen LogP contribution in [0.1, 0.15) is 145 Å². The second-order valence-corrected chi connectivity index (χ2v) is 24.3. The Labute approximate surface area is 458 Å². The van der Waals surface area contributed by atoms with E-state index in [4.69, 9.17) is 56.6 Å². The average molecular weight is 1050 g/mol. The highest BCUT2D eigenvalue weighted by atomic mass is 16.5. The van der Waals surface area contributed by atoms with Crippen LogP contribution in [0.2, 0.25) is 0 Å². The molecule has 4 heterocycles. The van der Waals surface area contributed by atoms with Crippen molar-refractivity contribution in [2.45, 2.75) is 144 Å². The molecule has 12 nitrogen and oxygen atoms in total. The number of ether oxygens (including phenoxy) is 4. The van der Waals surface area contributed by atoms with Crippen molar-refractivity contribution in [3.8, 4) is 68.8 Å². The zero-order valence-electron chi connectivity index (χ0n) is 48.5. The molecular weight excluding hydrogens is 977 g/mol. The molecule has 78 heavy (non-hydrogen) atoms. The Hall–Kier alpha value is -7.60. The zero-order valence-corrected chi connectivity index (χ0v) is 48.5. The van der Waals surface area contributed by atoms with Gasteiger partial charge in [-0.3, -0.25) is 0 Å². The first kappa shape index (κ1) is 55.2. The lowest BCUT2D eigenvalue weighted by molar-refractivity contribution is 0.301. The summed E-state index contributed by atoms with van der Waals surface area (Å²) in [6.07, 6.45) is 4.21. The number of unbranched alkanes of at least 4 members (excludes halogenated alkanes) is 2. The number of hydrogen-bond donors (Lipinski definition) is 0. The number of methoxy groups -OCH3 is 2. The van der Waals surface area contributed by atoms with Gasteiger partial charge in [0.05, 0.1) is 27.4 Å². The topological polar surface area (TPSA) is 141 Å². The van der Waals surface area contributed by atoms with Crippen LogP contribution in [-0.4, -0.2) is 47.4 Å². The second-order valence-electron chi connectivity index (χ2n) is 24.3. The SMILES string of the molecule is CCCCOc1cc2oc(-c3ccc(-c4nc5cc(C(C)(C)C)c(OCCCC)cc5o4)cc3)nc2cc1C(C)(C)C.COc1cc2oc(-c3ccc(-c4nc5cc(C(C)(C)C)c(OC)cc5o4)cc3)nc2cc1C(C)(C)C. The maximum absolute atomic E-state index is 6.22. The highest BCUT2D eigenvalue weighted by Crippen LogP contribution is 2.41. The van der Waals surface area contributed by atoms with Crippen molar-refractivity contribution < 1.29 is 36.6 Å². The molecule has 0 unspecified atom stereocenters. The summed E-state index contributed by atoms with van der Waals surface area (Å²) in [7, 11) is 3.36. The van der Waals surface area contributed by atoms with Crippen LogP contribution in [0.3, 0.4) is 0 Å². The van der Waals surface area contributed by atoms with Crippen LogP contribution in [0.4, 0.5) is 0 Å². The van der Waals surface area contributed by atoms with Gasteiger partial charge >= 0.3 is 0 Å². The van der Waals surface area contributed by atoms with Gasteiger partial charge in [-0.15, -0.1) is 0 Å². The van der Waals surface area contributed by atoms with Crippen molar-refractivity contribution in [1.29, 1.82) is 0 Å². The quantitative estimate of drug-likeness (QED) is 0.0957. The third-order valence-electron chi connectivity index (χ3n) is 13.9. The van der Waals surface area contributed by atoms with Crippen molar-refractivity contribution in [2.75, 3.05) is 27.4 Å². The van der Waals surface area contributed by atoms with Gasteiger partial charge in [0, 0.05) is 68.8 Å². The molecule has 408 valence electrons. The molecule has 0 aliphatic heterocycles. The predicted octanol–water partition coefficient (Wildman–Crippen LogP) is 18.2. The lowest BCUT2D eigenvalue weighted by Crippen LogP contribution is -2.14. The van der Waals surface area contributed by atoms with Crippen LogP contribution < -0.4 is 18.9 Å². The first-order valence-electron chi connectivity index (χ1n) is 27.3. The molecule has 10 aromatic rings. The van der Waals surface area contributed by atoms with Crippen LogP contribution >= 0.6 is 0 Å². The maximum atomic E-state index is 6.22. The van der Waals surface area contributed by atoms with Gasteiger partial charge in [0.25, 0.3) is 0 Å². The Morgan fingerprint density at radius 2 is 0.577 bits per heavy atom. The molecule has 0 N–H and O–H groups in total. The van der Waals surface area contributed by atoms with E-state index in [9.17, 15) is 0 Å². The lowest BCUT2D eigenvalue weighted by Gasteiger charge is -2.22. The molecule has 0 amide bonds. The molecule has 0 atom stereocenters. The minimum Gasteiger partial charge on any atom is -0.496 e. The normalized spacial score (nSPS) is 12.4. The van der Waals surface area contributed by atoms with E-state index in [1.165, 1.54) is 0 Å². The van der Waals surface area contributed by atoms with E-state index < -0.39 is 0 Å². The summed E-state index contributed by atoms with van der Waals surface area (Å²) in [6.45, 7) is 31.8. The Balaban J connectivity index is 0.000000192. The van der Waals surface area contributed by atoms with Gasteiger partial charge in [-0.2, -0.15) is 0 Å². The van der Waals surface area contributed by atoms with Crippen molar-refractivity contribution in [3.63, 3.8) is 0 Å². The Morgan fingerprint density at radius 1 is 0.346 bits per heavy atom. The van der Waals surface area contributed by atoms with Gasteiger partial charge < -0.3 is 36.6 Å². The van der Waals surface area contributed by atoms with Crippen LogP contribution in [0, 0.1) is 0 Å². The fraction of sp³-hybridized carbons (Fsp3) is 0.394. The summed E-state index contributed by atoms with van der Waals surface area (Å²) in [5.41, 5.74) is 13.8. The summed E-state index contributed by atoms with van der Waals surface area (Å²) in [4.78, 5) is 19.2. The van der Waals surface area contributed by atoms with Crippen LogP contribution in [0.15, 0.2) is 115 Å². The minimum absolute atomic E-state index is 0.0719. The highest BCUT2D eigenvalue weighted by Gasteiger charge is 2.27. The molecule has 0 aliphatic rings. The van der Waals surface area contributed by atoms with Gasteiger partial charge in [-0.05, 0) is 107 Å². The lowest BCUT2D eigenvalue weighted by atomic mass is 9.86. The van der Waals surface area contributed by atoms with Crippen molar-refractivity contribution in [3.05, 3.63) is 119 Å². The summed E-state index contributed by atoms with van der Waals surface area (Å²) in [5, 5.41) is 0. The number of nitrogens with zero attached hydrogens (tertiary/aromatic N) is 4. The van der Waals surface area contributed by atoms with Gasteiger partial charge in [-0.1, -0.05) is 110 Å². The molecule has 4 aromatic heterocycles. The molecule has 0 saturated heterocycles. The maximum Gasteiger partial charge on any atom is 0.227 e. The number of oxazole rings is 4. The molecular formula is C66H76N4O8. The minimum atomic E-state index is -0.0773. The molecule has 0 bridgehead atoms. The zero-order chi connectivity index (χ0) is 55.9. The van der Waals surface area contributed by atoms with Crippen molar-refractivity contribution in [1.82, 2.24) is 19.9 Å². The first-order chi connectivity index (χ1) is 36.9. The predicted molar refractivity (Wildman–Crippen MR) is 314 cm³/mol. The summed E-state index contributed by atoms with van der Waals surface area (Å²) >= 11 is 0. The van der Waals surface area contributed by atoms with E-state index in [-0.39, 0.29) is 21.7 Å². The van der Waals surface area contributed by atoms with Crippen molar-refractivity contribution >= 4 is 44.4 Å². The van der Waals surface area contributed by atoms with Gasteiger partial charge in [-0.25, -0.2) is 19.9 Å². The van der Waals surface area contributed by atoms with E-state index in [2.05, 4.69) is 109 Å². The summed E-state index contributed by atoms with van der Waals surface area (Å²) < 4.78 is 48.1. The Bertz CT molecular complexity index is 3470.